The molecule has 4 rings (SSSR count). The van der Waals surface area contributed by atoms with Crippen LogP contribution in [0, 0.1) is 0 Å². The fraction of sp³-hybridized carbons (Fsp3) is 0.355. The van der Waals surface area contributed by atoms with Crippen LogP contribution in [0.25, 0.3) is 0 Å². The molecule has 0 spiro atoms. The van der Waals surface area contributed by atoms with E-state index in [1.165, 1.54) is 6.42 Å². The smallest absolute Gasteiger partial charge is 0.261 e. The maximum Gasteiger partial charge on any atom is 0.261 e. The van der Waals surface area contributed by atoms with E-state index in [-0.39, 0.29) is 31.0 Å². The van der Waals surface area contributed by atoms with Crippen molar-refractivity contribution in [2.45, 2.75) is 57.2 Å². The molecule has 200 valence electrons. The molecule has 38 heavy (non-hydrogen) atoms. The highest BCUT2D eigenvalue weighted by atomic mass is 35.5. The summed E-state index contributed by atoms with van der Waals surface area (Å²) in [6, 6.07) is 23.8. The lowest BCUT2D eigenvalue weighted by molar-refractivity contribution is -0.143. The van der Waals surface area contributed by atoms with Crippen LogP contribution in [0.2, 0.25) is 5.02 Å². The molecule has 0 aliphatic heterocycles. The van der Waals surface area contributed by atoms with Crippen molar-refractivity contribution in [1.29, 1.82) is 0 Å². The van der Waals surface area contributed by atoms with E-state index in [2.05, 4.69) is 5.32 Å². The van der Waals surface area contributed by atoms with Gasteiger partial charge in [0.05, 0.1) is 7.11 Å². The van der Waals surface area contributed by atoms with E-state index in [0.717, 1.165) is 36.8 Å². The van der Waals surface area contributed by atoms with E-state index in [9.17, 15) is 9.59 Å². The number of carbonyl (C=O) groups excluding carboxylic acids is 2. The third kappa shape index (κ3) is 7.75. The lowest BCUT2D eigenvalue weighted by Crippen LogP contribution is -2.53. The number of para-hydroxylation sites is 2. The van der Waals surface area contributed by atoms with Gasteiger partial charge in [0.1, 0.15) is 6.04 Å². The Morgan fingerprint density at radius 3 is 2.24 bits per heavy atom. The van der Waals surface area contributed by atoms with Gasteiger partial charge in [0.15, 0.2) is 18.1 Å². The number of ether oxygens (including phenoxy) is 2. The third-order valence-corrected chi connectivity index (χ3v) is 7.16. The van der Waals surface area contributed by atoms with Crippen LogP contribution in [0.5, 0.6) is 11.5 Å². The summed E-state index contributed by atoms with van der Waals surface area (Å²) in [5.41, 5.74) is 1.86. The van der Waals surface area contributed by atoms with Crippen LogP contribution in [0.3, 0.4) is 0 Å². The molecule has 6 nitrogen and oxygen atoms in total. The summed E-state index contributed by atoms with van der Waals surface area (Å²) >= 11 is 6.11. The van der Waals surface area contributed by atoms with Gasteiger partial charge in [-0.25, -0.2) is 0 Å². The van der Waals surface area contributed by atoms with E-state index in [1.54, 1.807) is 36.3 Å². The maximum atomic E-state index is 13.8. The van der Waals surface area contributed by atoms with Crippen LogP contribution in [0.1, 0.15) is 43.2 Å². The summed E-state index contributed by atoms with van der Waals surface area (Å²) in [5, 5.41) is 3.86. The van der Waals surface area contributed by atoms with Crippen LogP contribution in [-0.4, -0.2) is 42.5 Å². The van der Waals surface area contributed by atoms with Crippen LogP contribution in [0.4, 0.5) is 0 Å². The van der Waals surface area contributed by atoms with Crippen LogP contribution in [-0.2, 0) is 22.6 Å². The minimum atomic E-state index is -0.705. The number of hydrogen-bond acceptors (Lipinski definition) is 4. The van der Waals surface area contributed by atoms with Gasteiger partial charge >= 0.3 is 0 Å². The van der Waals surface area contributed by atoms with Crippen molar-refractivity contribution in [1.82, 2.24) is 10.2 Å². The van der Waals surface area contributed by atoms with Gasteiger partial charge in [-0.05, 0) is 48.2 Å². The molecule has 1 fully saturated rings. The minimum Gasteiger partial charge on any atom is -0.493 e. The number of nitrogens with zero attached hydrogens (tertiary/aromatic N) is 1. The molecule has 1 atom stereocenters. The zero-order chi connectivity index (χ0) is 26.7. The Bertz CT molecular complexity index is 1180. The Balaban J connectivity index is 1.61. The molecule has 0 bridgehead atoms. The monoisotopic (exact) mass is 534 g/mol. The second kappa shape index (κ2) is 13.9. The van der Waals surface area contributed by atoms with Gasteiger partial charge in [0.25, 0.3) is 5.91 Å². The molecule has 0 aromatic heterocycles. The van der Waals surface area contributed by atoms with Crippen molar-refractivity contribution in [2.24, 2.45) is 0 Å². The molecule has 1 N–H and O–H groups in total. The molecular formula is C31H35ClN2O4. The van der Waals surface area contributed by atoms with E-state index in [0.29, 0.717) is 22.9 Å². The molecule has 3 aromatic rings. The normalized spacial score (nSPS) is 14.4. The topological polar surface area (TPSA) is 67.9 Å². The van der Waals surface area contributed by atoms with E-state index >= 15 is 0 Å². The van der Waals surface area contributed by atoms with E-state index in [1.807, 2.05) is 54.6 Å². The largest absolute Gasteiger partial charge is 0.493 e. The number of rotatable bonds is 11. The molecule has 0 radical (unpaired) electrons. The number of benzene rings is 3. The summed E-state index contributed by atoms with van der Waals surface area (Å²) in [4.78, 5) is 29.2. The van der Waals surface area contributed by atoms with Crippen molar-refractivity contribution in [3.8, 4) is 11.5 Å². The molecular weight excluding hydrogens is 500 g/mol. The minimum absolute atomic E-state index is 0.131. The highest BCUT2D eigenvalue weighted by Crippen LogP contribution is 2.26. The number of amides is 2. The Morgan fingerprint density at radius 1 is 0.895 bits per heavy atom. The summed E-state index contributed by atoms with van der Waals surface area (Å²) in [7, 11) is 1.56. The Morgan fingerprint density at radius 2 is 1.55 bits per heavy atom. The number of nitrogens with one attached hydrogen (secondary N) is 1. The Hall–Kier alpha value is -3.51. The average molecular weight is 535 g/mol. The molecule has 1 unspecified atom stereocenters. The first-order valence-corrected chi connectivity index (χ1v) is 13.6. The van der Waals surface area contributed by atoms with Crippen LogP contribution >= 0.6 is 11.6 Å². The summed E-state index contributed by atoms with van der Waals surface area (Å²) in [5.74, 6) is 0.590. The predicted octanol–water partition coefficient (Wildman–Crippen LogP) is 5.82. The van der Waals surface area contributed by atoms with Gasteiger partial charge in [0, 0.05) is 24.0 Å². The van der Waals surface area contributed by atoms with Gasteiger partial charge in [-0.15, -0.1) is 0 Å². The third-order valence-electron chi connectivity index (χ3n) is 6.91. The fourth-order valence-corrected chi connectivity index (χ4v) is 4.97. The molecule has 2 amide bonds. The predicted molar refractivity (Wildman–Crippen MR) is 149 cm³/mol. The van der Waals surface area contributed by atoms with Gasteiger partial charge in [-0.2, -0.15) is 0 Å². The first-order valence-electron chi connectivity index (χ1n) is 13.2. The molecule has 7 heteroatoms. The number of halogens is 1. The summed E-state index contributed by atoms with van der Waals surface area (Å²) < 4.78 is 11.3. The number of carbonyl (C=O) groups is 2. The van der Waals surface area contributed by atoms with Gasteiger partial charge < -0.3 is 19.7 Å². The first kappa shape index (κ1) is 27.5. The average Bonchev–Trinajstić information content (AvgIpc) is 2.95. The molecule has 1 saturated carbocycles. The zero-order valence-electron chi connectivity index (χ0n) is 21.8. The van der Waals surface area contributed by atoms with E-state index in [4.69, 9.17) is 21.1 Å². The lowest BCUT2D eigenvalue weighted by Gasteiger charge is -2.33. The summed E-state index contributed by atoms with van der Waals surface area (Å²) in [6.45, 7) is 0.0246. The van der Waals surface area contributed by atoms with Gasteiger partial charge in [-0.1, -0.05) is 85.5 Å². The van der Waals surface area contributed by atoms with Crippen molar-refractivity contribution in [3.05, 3.63) is 95.0 Å². The van der Waals surface area contributed by atoms with E-state index < -0.39 is 6.04 Å². The second-order valence-electron chi connectivity index (χ2n) is 9.64. The van der Waals surface area contributed by atoms with Gasteiger partial charge in [0.2, 0.25) is 5.91 Å². The standard InChI is InChI=1S/C31H35ClN2O4/c1-37-28-14-8-9-15-29(28)38-22-30(35)34(21-24-16-18-25(32)19-17-24)27(20-23-10-4-2-5-11-23)31(36)33-26-12-6-3-7-13-26/h2,4-5,8-11,14-19,26-27H,3,6-7,12-13,20-22H2,1H3,(H,33,36). The van der Waals surface area contributed by atoms with Crippen molar-refractivity contribution in [3.63, 3.8) is 0 Å². The maximum absolute atomic E-state index is 13.8. The SMILES string of the molecule is COc1ccccc1OCC(=O)N(Cc1ccc(Cl)cc1)C(Cc1ccccc1)C(=O)NC1CCCCC1. The van der Waals surface area contributed by atoms with Crippen molar-refractivity contribution in [2.75, 3.05) is 13.7 Å². The first-order chi connectivity index (χ1) is 18.5. The van der Waals surface area contributed by atoms with Gasteiger partial charge in [-0.3, -0.25) is 9.59 Å². The zero-order valence-corrected chi connectivity index (χ0v) is 22.5. The molecule has 3 aromatic carbocycles. The molecule has 1 aliphatic carbocycles. The summed E-state index contributed by atoms with van der Waals surface area (Å²) in [6.07, 6.45) is 5.73. The van der Waals surface area contributed by atoms with Crippen molar-refractivity contribution >= 4 is 23.4 Å². The second-order valence-corrected chi connectivity index (χ2v) is 10.1. The Labute approximate surface area is 229 Å². The number of methoxy groups -OCH3 is 1. The van der Waals surface area contributed by atoms with Crippen molar-refractivity contribution < 1.29 is 19.1 Å². The Kier molecular flexibility index (Phi) is 10.0. The molecule has 0 saturated heterocycles. The number of hydrogen-bond donors (Lipinski definition) is 1. The van der Waals surface area contributed by atoms with Crippen LogP contribution < -0.4 is 14.8 Å². The lowest BCUT2D eigenvalue weighted by atomic mass is 9.94. The molecule has 0 heterocycles. The van der Waals surface area contributed by atoms with Crippen LogP contribution in [0.15, 0.2) is 78.9 Å². The quantitative estimate of drug-likeness (QED) is 0.337. The fourth-order valence-electron chi connectivity index (χ4n) is 4.85. The highest BCUT2D eigenvalue weighted by Gasteiger charge is 2.32. The highest BCUT2D eigenvalue weighted by molar-refractivity contribution is 6.30. The molecule has 1 aliphatic rings.